The third-order valence-electron chi connectivity index (χ3n) is 3.37. The standard InChI is InChI=1S/C13H18N6O/c1-3-19-11(6-8(2)18-19)12(20)17-13-15-9-4-5-14-7-10(9)16-13/h6,14H,3-5,7H2,1-2H3,(H2,15,16,17,20). The van der Waals surface area contributed by atoms with E-state index in [0.717, 1.165) is 36.6 Å². The molecule has 0 spiro atoms. The number of amides is 1. The predicted molar refractivity (Wildman–Crippen MR) is 74.6 cm³/mol. The lowest BCUT2D eigenvalue weighted by molar-refractivity contribution is 0.101. The van der Waals surface area contributed by atoms with Gasteiger partial charge < -0.3 is 10.3 Å². The third kappa shape index (κ3) is 2.32. The van der Waals surface area contributed by atoms with Gasteiger partial charge in [-0.3, -0.25) is 14.8 Å². The van der Waals surface area contributed by atoms with Gasteiger partial charge in [-0.05, 0) is 19.9 Å². The number of aryl methyl sites for hydroxylation is 2. The Bertz CT molecular complexity index is 618. The Labute approximate surface area is 116 Å². The highest BCUT2D eigenvalue weighted by Crippen LogP contribution is 2.14. The van der Waals surface area contributed by atoms with Gasteiger partial charge in [-0.15, -0.1) is 0 Å². The first kappa shape index (κ1) is 12.9. The molecule has 1 aliphatic heterocycles. The molecule has 2 aromatic heterocycles. The van der Waals surface area contributed by atoms with Crippen LogP contribution < -0.4 is 10.6 Å². The Kier molecular flexibility index (Phi) is 3.27. The molecule has 1 aliphatic rings. The molecule has 106 valence electrons. The second-order valence-corrected chi connectivity index (χ2v) is 4.88. The van der Waals surface area contributed by atoms with Gasteiger partial charge in [0.25, 0.3) is 5.91 Å². The molecule has 0 unspecified atom stereocenters. The SMILES string of the molecule is CCn1nc(C)cc1C(=O)Nc1nc2c([nH]1)CNCC2. The average molecular weight is 274 g/mol. The largest absolute Gasteiger partial charge is 0.326 e. The van der Waals surface area contributed by atoms with Gasteiger partial charge in [-0.2, -0.15) is 5.10 Å². The Hall–Kier alpha value is -2.15. The van der Waals surface area contributed by atoms with Crippen molar-refractivity contribution >= 4 is 11.9 Å². The zero-order valence-electron chi connectivity index (χ0n) is 11.7. The summed E-state index contributed by atoms with van der Waals surface area (Å²) in [5.74, 6) is 0.316. The number of nitrogens with one attached hydrogen (secondary N) is 3. The summed E-state index contributed by atoms with van der Waals surface area (Å²) in [6.45, 7) is 6.19. The van der Waals surface area contributed by atoms with Crippen molar-refractivity contribution in [3.05, 3.63) is 28.8 Å². The van der Waals surface area contributed by atoms with E-state index < -0.39 is 0 Å². The van der Waals surface area contributed by atoms with Gasteiger partial charge in [0.05, 0.1) is 17.1 Å². The second-order valence-electron chi connectivity index (χ2n) is 4.88. The van der Waals surface area contributed by atoms with Crippen LogP contribution in [0.25, 0.3) is 0 Å². The minimum atomic E-state index is -0.188. The molecule has 0 radical (unpaired) electrons. The molecule has 0 aliphatic carbocycles. The van der Waals surface area contributed by atoms with E-state index in [2.05, 4.69) is 25.7 Å². The van der Waals surface area contributed by atoms with Gasteiger partial charge in [-0.25, -0.2) is 4.98 Å². The minimum absolute atomic E-state index is 0.188. The molecular weight excluding hydrogens is 256 g/mol. The molecule has 7 nitrogen and oxygen atoms in total. The molecule has 3 heterocycles. The summed E-state index contributed by atoms with van der Waals surface area (Å²) in [7, 11) is 0. The van der Waals surface area contributed by atoms with Crippen LogP contribution in [-0.2, 0) is 19.5 Å². The number of carbonyl (C=O) groups is 1. The van der Waals surface area contributed by atoms with Gasteiger partial charge in [0.1, 0.15) is 5.69 Å². The molecule has 0 saturated carbocycles. The van der Waals surface area contributed by atoms with E-state index in [1.807, 2.05) is 13.8 Å². The maximum absolute atomic E-state index is 12.3. The zero-order chi connectivity index (χ0) is 14.1. The molecule has 0 fully saturated rings. The number of hydrogen-bond donors (Lipinski definition) is 3. The number of hydrogen-bond acceptors (Lipinski definition) is 4. The van der Waals surface area contributed by atoms with Crippen LogP contribution in [0, 0.1) is 6.92 Å². The van der Waals surface area contributed by atoms with Crippen LogP contribution in [0.1, 0.15) is 34.5 Å². The highest BCUT2D eigenvalue weighted by atomic mass is 16.2. The van der Waals surface area contributed by atoms with Gasteiger partial charge in [0.2, 0.25) is 5.95 Å². The number of carbonyl (C=O) groups excluding carboxylic acids is 1. The zero-order valence-corrected chi connectivity index (χ0v) is 11.7. The van der Waals surface area contributed by atoms with Gasteiger partial charge >= 0.3 is 0 Å². The lowest BCUT2D eigenvalue weighted by Crippen LogP contribution is -2.23. The van der Waals surface area contributed by atoms with Gasteiger partial charge in [0.15, 0.2) is 0 Å². The number of anilines is 1. The van der Waals surface area contributed by atoms with E-state index in [-0.39, 0.29) is 5.91 Å². The molecule has 1 amide bonds. The number of aromatic amines is 1. The van der Waals surface area contributed by atoms with Crippen LogP contribution in [0.4, 0.5) is 5.95 Å². The smallest absolute Gasteiger partial charge is 0.276 e. The molecule has 0 bridgehead atoms. The van der Waals surface area contributed by atoms with E-state index in [0.29, 0.717) is 18.2 Å². The molecule has 3 rings (SSSR count). The van der Waals surface area contributed by atoms with E-state index in [1.165, 1.54) is 0 Å². The first-order chi connectivity index (χ1) is 9.67. The maximum Gasteiger partial charge on any atom is 0.276 e. The van der Waals surface area contributed by atoms with Gasteiger partial charge in [-0.1, -0.05) is 0 Å². The summed E-state index contributed by atoms with van der Waals surface area (Å²) in [6, 6.07) is 1.78. The topological polar surface area (TPSA) is 87.6 Å². The van der Waals surface area contributed by atoms with Crippen molar-refractivity contribution in [1.82, 2.24) is 25.1 Å². The second kappa shape index (κ2) is 5.09. The van der Waals surface area contributed by atoms with Crippen LogP contribution >= 0.6 is 0 Å². The molecule has 2 aromatic rings. The number of nitrogens with zero attached hydrogens (tertiary/aromatic N) is 3. The van der Waals surface area contributed by atoms with Crippen LogP contribution in [-0.4, -0.2) is 32.2 Å². The first-order valence-corrected chi connectivity index (χ1v) is 6.81. The lowest BCUT2D eigenvalue weighted by Gasteiger charge is -2.09. The number of H-pyrrole nitrogens is 1. The van der Waals surface area contributed by atoms with E-state index >= 15 is 0 Å². The Morgan fingerprint density at radius 1 is 1.55 bits per heavy atom. The molecule has 0 atom stereocenters. The summed E-state index contributed by atoms with van der Waals surface area (Å²) in [5.41, 5.74) is 3.46. The van der Waals surface area contributed by atoms with Crippen molar-refractivity contribution in [2.75, 3.05) is 11.9 Å². The van der Waals surface area contributed by atoms with Crippen molar-refractivity contribution in [2.24, 2.45) is 0 Å². The van der Waals surface area contributed by atoms with Crippen LogP contribution in [0.2, 0.25) is 0 Å². The summed E-state index contributed by atoms with van der Waals surface area (Å²) >= 11 is 0. The third-order valence-corrected chi connectivity index (χ3v) is 3.37. The fourth-order valence-corrected chi connectivity index (χ4v) is 2.42. The number of rotatable bonds is 3. The van der Waals surface area contributed by atoms with Crippen molar-refractivity contribution < 1.29 is 4.79 Å². The fourth-order valence-electron chi connectivity index (χ4n) is 2.42. The molecular formula is C13H18N6O. The fraction of sp³-hybridized carbons (Fsp3) is 0.462. The summed E-state index contributed by atoms with van der Waals surface area (Å²) in [5, 5.41) is 10.3. The highest BCUT2D eigenvalue weighted by molar-refractivity contribution is 6.02. The van der Waals surface area contributed by atoms with Crippen molar-refractivity contribution in [2.45, 2.75) is 33.4 Å². The average Bonchev–Trinajstić information content (AvgIpc) is 3.00. The summed E-state index contributed by atoms with van der Waals surface area (Å²) < 4.78 is 1.69. The van der Waals surface area contributed by atoms with Gasteiger partial charge in [0, 0.05) is 26.1 Å². The van der Waals surface area contributed by atoms with E-state index in [1.54, 1.807) is 10.7 Å². The number of aromatic nitrogens is 4. The summed E-state index contributed by atoms with van der Waals surface area (Å²) in [6.07, 6.45) is 0.883. The van der Waals surface area contributed by atoms with Crippen molar-refractivity contribution in [3.8, 4) is 0 Å². The van der Waals surface area contributed by atoms with E-state index in [9.17, 15) is 4.79 Å². The monoisotopic (exact) mass is 274 g/mol. The van der Waals surface area contributed by atoms with E-state index in [4.69, 9.17) is 0 Å². The molecule has 0 saturated heterocycles. The van der Waals surface area contributed by atoms with Crippen molar-refractivity contribution in [1.29, 1.82) is 0 Å². The Morgan fingerprint density at radius 2 is 2.40 bits per heavy atom. The Morgan fingerprint density at radius 3 is 3.15 bits per heavy atom. The van der Waals surface area contributed by atoms with Crippen molar-refractivity contribution in [3.63, 3.8) is 0 Å². The molecule has 3 N–H and O–H groups in total. The highest BCUT2D eigenvalue weighted by Gasteiger charge is 2.18. The predicted octanol–water partition coefficient (Wildman–Crippen LogP) is 0.833. The Balaban J connectivity index is 1.80. The maximum atomic E-state index is 12.3. The molecule has 7 heteroatoms. The van der Waals surface area contributed by atoms with Crippen LogP contribution in [0.15, 0.2) is 6.07 Å². The summed E-state index contributed by atoms with van der Waals surface area (Å²) in [4.78, 5) is 19.8. The molecule has 20 heavy (non-hydrogen) atoms. The quantitative estimate of drug-likeness (QED) is 0.773. The normalized spacial score (nSPS) is 14.1. The first-order valence-electron chi connectivity index (χ1n) is 6.81. The minimum Gasteiger partial charge on any atom is -0.326 e. The van der Waals surface area contributed by atoms with Crippen LogP contribution in [0.3, 0.4) is 0 Å². The number of fused-ring (bicyclic) bond motifs is 1. The van der Waals surface area contributed by atoms with Crippen LogP contribution in [0.5, 0.6) is 0 Å². The molecule has 0 aromatic carbocycles. The lowest BCUT2D eigenvalue weighted by atomic mass is 10.2. The number of imidazole rings is 1.